The second-order valence-electron chi connectivity index (χ2n) is 3.73. The molecule has 0 bridgehead atoms. The summed E-state index contributed by atoms with van der Waals surface area (Å²) >= 11 is 5.68. The van der Waals surface area contributed by atoms with E-state index in [9.17, 15) is 18.0 Å². The molecule has 0 radical (unpaired) electrons. The Morgan fingerprint density at radius 3 is 2.50 bits per heavy atom. The van der Waals surface area contributed by atoms with E-state index in [1.54, 1.807) is 0 Å². The monoisotopic (exact) mass is 301 g/mol. The van der Waals surface area contributed by atoms with E-state index in [-0.39, 0.29) is 10.7 Å². The molecule has 0 aliphatic heterocycles. The fourth-order valence-corrected chi connectivity index (χ4v) is 1.68. The molecule has 1 aromatic carbocycles. The number of carbonyl (C=O) groups is 1. The number of aromatic nitrogens is 1. The standard InChI is InChI=1S/C13H7ClF3NO2/c14-11-8(4-3-7-18-11)12(19)20-10-6-2-1-5-9(10)13(15,16)17/h1-7H. The van der Waals surface area contributed by atoms with E-state index >= 15 is 0 Å². The molecule has 1 aromatic heterocycles. The Hall–Kier alpha value is -2.08. The van der Waals surface area contributed by atoms with Crippen LogP contribution in [0, 0.1) is 0 Å². The van der Waals surface area contributed by atoms with Crippen molar-refractivity contribution in [2.24, 2.45) is 0 Å². The quantitative estimate of drug-likeness (QED) is 0.478. The van der Waals surface area contributed by atoms with Gasteiger partial charge in [0.15, 0.2) is 0 Å². The van der Waals surface area contributed by atoms with E-state index < -0.39 is 23.5 Å². The van der Waals surface area contributed by atoms with E-state index in [2.05, 4.69) is 4.98 Å². The predicted molar refractivity (Wildman–Crippen MR) is 65.6 cm³/mol. The van der Waals surface area contributed by atoms with Gasteiger partial charge in [-0.25, -0.2) is 9.78 Å². The van der Waals surface area contributed by atoms with Crippen molar-refractivity contribution in [3.05, 3.63) is 58.9 Å². The summed E-state index contributed by atoms with van der Waals surface area (Å²) in [5.74, 6) is -1.58. The minimum atomic E-state index is -4.62. The highest BCUT2D eigenvalue weighted by Crippen LogP contribution is 2.36. The molecule has 0 saturated heterocycles. The smallest absolute Gasteiger partial charge is 0.419 e. The average Bonchev–Trinajstić information content (AvgIpc) is 2.38. The van der Waals surface area contributed by atoms with Gasteiger partial charge < -0.3 is 4.74 Å². The molecule has 0 spiro atoms. The van der Waals surface area contributed by atoms with Gasteiger partial charge in [-0.15, -0.1) is 0 Å². The molecule has 0 saturated carbocycles. The van der Waals surface area contributed by atoms with Gasteiger partial charge in [0.2, 0.25) is 0 Å². The highest BCUT2D eigenvalue weighted by Gasteiger charge is 2.34. The third-order valence-electron chi connectivity index (χ3n) is 2.37. The van der Waals surface area contributed by atoms with Crippen molar-refractivity contribution in [2.45, 2.75) is 6.18 Å². The third kappa shape index (κ3) is 3.08. The van der Waals surface area contributed by atoms with Crippen LogP contribution < -0.4 is 4.74 Å². The van der Waals surface area contributed by atoms with E-state index in [4.69, 9.17) is 16.3 Å². The molecule has 7 heteroatoms. The molecule has 20 heavy (non-hydrogen) atoms. The van der Waals surface area contributed by atoms with Crippen LogP contribution in [0.3, 0.4) is 0 Å². The Labute approximate surface area is 117 Å². The summed E-state index contributed by atoms with van der Waals surface area (Å²) in [6.45, 7) is 0. The molecule has 2 rings (SSSR count). The zero-order valence-corrected chi connectivity index (χ0v) is 10.6. The zero-order chi connectivity index (χ0) is 14.8. The number of hydrogen-bond donors (Lipinski definition) is 0. The lowest BCUT2D eigenvalue weighted by molar-refractivity contribution is -0.138. The Balaban J connectivity index is 2.32. The lowest BCUT2D eigenvalue weighted by atomic mass is 10.2. The van der Waals surface area contributed by atoms with Crippen molar-refractivity contribution in [1.29, 1.82) is 0 Å². The SMILES string of the molecule is O=C(Oc1ccccc1C(F)(F)F)c1cccnc1Cl. The van der Waals surface area contributed by atoms with Crippen LogP contribution in [0.2, 0.25) is 5.15 Å². The number of carbonyl (C=O) groups excluding carboxylic acids is 1. The number of nitrogens with zero attached hydrogens (tertiary/aromatic N) is 1. The molecule has 0 fully saturated rings. The lowest BCUT2D eigenvalue weighted by Crippen LogP contribution is -2.14. The minimum absolute atomic E-state index is 0.105. The van der Waals surface area contributed by atoms with Gasteiger partial charge in [0.25, 0.3) is 0 Å². The van der Waals surface area contributed by atoms with E-state index in [1.165, 1.54) is 30.5 Å². The van der Waals surface area contributed by atoms with Crippen LogP contribution in [-0.2, 0) is 6.18 Å². The topological polar surface area (TPSA) is 39.2 Å². The molecule has 2 aromatic rings. The van der Waals surface area contributed by atoms with Crippen LogP contribution in [0.4, 0.5) is 13.2 Å². The second-order valence-corrected chi connectivity index (χ2v) is 4.08. The summed E-state index contributed by atoms with van der Waals surface area (Å²) in [5, 5.41) is -0.137. The van der Waals surface area contributed by atoms with Gasteiger partial charge >= 0.3 is 12.1 Å². The summed E-state index contributed by atoms with van der Waals surface area (Å²) in [4.78, 5) is 15.5. The third-order valence-corrected chi connectivity index (χ3v) is 2.68. The van der Waals surface area contributed by atoms with E-state index in [1.807, 2.05) is 0 Å². The first kappa shape index (κ1) is 14.3. The second kappa shape index (κ2) is 5.50. The van der Waals surface area contributed by atoms with Crippen LogP contribution in [0.1, 0.15) is 15.9 Å². The number of benzene rings is 1. The molecule has 3 nitrogen and oxygen atoms in total. The van der Waals surface area contributed by atoms with Gasteiger partial charge in [0, 0.05) is 6.20 Å². The van der Waals surface area contributed by atoms with Gasteiger partial charge in [-0.1, -0.05) is 23.7 Å². The van der Waals surface area contributed by atoms with Crippen LogP contribution in [0.25, 0.3) is 0 Å². The molecule has 0 N–H and O–H groups in total. The summed E-state index contributed by atoms with van der Waals surface area (Å²) < 4.78 is 43.0. The fraction of sp³-hybridized carbons (Fsp3) is 0.0769. The van der Waals surface area contributed by atoms with Crippen molar-refractivity contribution in [1.82, 2.24) is 4.98 Å². The molecular formula is C13H7ClF3NO2. The number of hydrogen-bond acceptors (Lipinski definition) is 3. The molecule has 0 aliphatic carbocycles. The maximum atomic E-state index is 12.8. The lowest BCUT2D eigenvalue weighted by Gasteiger charge is -2.12. The summed E-state index contributed by atoms with van der Waals surface area (Å²) in [5.41, 5.74) is -1.14. The largest absolute Gasteiger partial charge is 0.422 e. The van der Waals surface area contributed by atoms with Crippen molar-refractivity contribution in [2.75, 3.05) is 0 Å². The highest BCUT2D eigenvalue weighted by molar-refractivity contribution is 6.32. The molecular weight excluding hydrogens is 295 g/mol. The molecule has 104 valence electrons. The Morgan fingerprint density at radius 1 is 1.15 bits per heavy atom. The number of para-hydroxylation sites is 1. The number of alkyl halides is 3. The van der Waals surface area contributed by atoms with Crippen LogP contribution in [-0.4, -0.2) is 11.0 Å². The molecule has 0 amide bonds. The Kier molecular flexibility index (Phi) is 3.94. The fourth-order valence-electron chi connectivity index (χ4n) is 1.48. The maximum Gasteiger partial charge on any atom is 0.419 e. The van der Waals surface area contributed by atoms with Crippen molar-refractivity contribution in [3.63, 3.8) is 0 Å². The Morgan fingerprint density at radius 2 is 1.85 bits per heavy atom. The first-order chi connectivity index (χ1) is 9.39. The van der Waals surface area contributed by atoms with Crippen LogP contribution in [0.15, 0.2) is 42.6 Å². The van der Waals surface area contributed by atoms with Crippen LogP contribution >= 0.6 is 11.6 Å². The first-order valence-electron chi connectivity index (χ1n) is 5.38. The maximum absolute atomic E-state index is 12.8. The number of ether oxygens (including phenoxy) is 1. The van der Waals surface area contributed by atoms with E-state index in [0.717, 1.165) is 12.1 Å². The summed E-state index contributed by atoms with van der Waals surface area (Å²) in [6.07, 6.45) is -3.27. The van der Waals surface area contributed by atoms with Gasteiger partial charge in [-0.2, -0.15) is 13.2 Å². The van der Waals surface area contributed by atoms with Gasteiger partial charge in [-0.3, -0.25) is 0 Å². The van der Waals surface area contributed by atoms with E-state index in [0.29, 0.717) is 0 Å². The van der Waals surface area contributed by atoms with Crippen molar-refractivity contribution >= 4 is 17.6 Å². The van der Waals surface area contributed by atoms with Crippen LogP contribution in [0.5, 0.6) is 5.75 Å². The Bertz CT molecular complexity index is 644. The molecule has 1 heterocycles. The highest BCUT2D eigenvalue weighted by atomic mass is 35.5. The van der Waals surface area contributed by atoms with Crippen molar-refractivity contribution < 1.29 is 22.7 Å². The normalized spacial score (nSPS) is 11.2. The first-order valence-corrected chi connectivity index (χ1v) is 5.76. The predicted octanol–water partition coefficient (Wildman–Crippen LogP) is 3.97. The minimum Gasteiger partial charge on any atom is -0.422 e. The molecule has 0 atom stereocenters. The average molecular weight is 302 g/mol. The summed E-state index contributed by atoms with van der Waals surface area (Å²) in [7, 11) is 0. The number of rotatable bonds is 2. The molecule has 0 unspecified atom stereocenters. The number of pyridine rings is 1. The van der Waals surface area contributed by atoms with Gasteiger partial charge in [0.05, 0.1) is 11.1 Å². The van der Waals surface area contributed by atoms with Gasteiger partial charge in [0.1, 0.15) is 10.9 Å². The van der Waals surface area contributed by atoms with Gasteiger partial charge in [-0.05, 0) is 24.3 Å². The summed E-state index contributed by atoms with van der Waals surface area (Å²) in [6, 6.07) is 7.17. The number of esters is 1. The molecule has 0 aliphatic rings. The van der Waals surface area contributed by atoms with Crippen molar-refractivity contribution in [3.8, 4) is 5.75 Å². The number of halogens is 4. The zero-order valence-electron chi connectivity index (χ0n) is 9.82.